The minimum absolute atomic E-state index is 0.0497. The number of nitrogens with zero attached hydrogens (tertiary/aromatic N) is 1. The maximum Gasteiger partial charge on any atom is 0.128 e. The molecule has 2 aliphatic heterocycles. The first-order valence-electron chi connectivity index (χ1n) is 6.55. The van der Waals surface area contributed by atoms with Crippen molar-refractivity contribution in [2.45, 2.75) is 13.0 Å². The molecule has 0 aromatic heterocycles. The predicted octanol–water partition coefficient (Wildman–Crippen LogP) is 2.18. The number of halogens is 2. The largest absolute Gasteiger partial charge is 0.316 e. The summed E-state index contributed by atoms with van der Waals surface area (Å²) in [7, 11) is 0. The van der Waals surface area contributed by atoms with E-state index in [9.17, 15) is 8.78 Å². The first kappa shape index (κ1) is 12.1. The fourth-order valence-corrected chi connectivity index (χ4v) is 3.24. The lowest BCUT2D eigenvalue weighted by molar-refractivity contribution is 0.238. The molecule has 1 N–H and O–H groups in total. The van der Waals surface area contributed by atoms with E-state index in [0.29, 0.717) is 17.4 Å². The van der Waals surface area contributed by atoms with Crippen molar-refractivity contribution < 1.29 is 8.78 Å². The Bertz CT molecular complexity index is 437. The van der Waals surface area contributed by atoms with Crippen molar-refractivity contribution in [3.8, 4) is 0 Å². The van der Waals surface area contributed by atoms with E-state index in [4.69, 9.17) is 0 Å². The Balaban J connectivity index is 1.78. The van der Waals surface area contributed by atoms with Crippen molar-refractivity contribution in [2.75, 3.05) is 26.2 Å². The summed E-state index contributed by atoms with van der Waals surface area (Å²) in [5, 5.41) is 3.38. The van der Waals surface area contributed by atoms with E-state index in [0.717, 1.165) is 26.2 Å². The van der Waals surface area contributed by atoms with Crippen molar-refractivity contribution in [3.05, 3.63) is 35.4 Å². The van der Waals surface area contributed by atoms with Crippen molar-refractivity contribution in [2.24, 2.45) is 11.8 Å². The Morgan fingerprint density at radius 2 is 1.89 bits per heavy atom. The molecule has 2 nitrogen and oxygen atoms in total. The summed E-state index contributed by atoms with van der Waals surface area (Å²) in [6.45, 7) is 6.04. The molecule has 3 atom stereocenters. The highest BCUT2D eigenvalue weighted by molar-refractivity contribution is 5.22. The van der Waals surface area contributed by atoms with E-state index in [1.807, 2.05) is 6.92 Å². The summed E-state index contributed by atoms with van der Waals surface area (Å²) in [5.74, 6) is 0.673. The molecular weight excluding hydrogens is 234 g/mol. The number of benzene rings is 1. The van der Waals surface area contributed by atoms with Crippen LogP contribution in [0.1, 0.15) is 18.5 Å². The molecule has 18 heavy (non-hydrogen) atoms. The van der Waals surface area contributed by atoms with E-state index >= 15 is 0 Å². The minimum atomic E-state index is -0.362. The van der Waals surface area contributed by atoms with Gasteiger partial charge in [0.1, 0.15) is 11.6 Å². The quantitative estimate of drug-likeness (QED) is 0.868. The Hall–Kier alpha value is -1.00. The van der Waals surface area contributed by atoms with Crippen LogP contribution in [0.3, 0.4) is 0 Å². The topological polar surface area (TPSA) is 15.3 Å². The van der Waals surface area contributed by atoms with Gasteiger partial charge in [-0.1, -0.05) is 0 Å². The summed E-state index contributed by atoms with van der Waals surface area (Å²) in [4.78, 5) is 2.27. The van der Waals surface area contributed by atoms with Gasteiger partial charge in [-0.25, -0.2) is 8.78 Å². The summed E-state index contributed by atoms with van der Waals surface area (Å²) >= 11 is 0. The number of hydrogen-bond donors (Lipinski definition) is 1. The molecule has 0 bridgehead atoms. The third kappa shape index (κ3) is 2.04. The van der Waals surface area contributed by atoms with Gasteiger partial charge in [-0.3, -0.25) is 4.90 Å². The van der Waals surface area contributed by atoms with Crippen LogP contribution in [0.5, 0.6) is 0 Å². The normalized spacial score (nSPS) is 29.5. The number of likely N-dealkylation sites (tertiary alicyclic amines) is 1. The molecule has 1 aromatic rings. The van der Waals surface area contributed by atoms with Crippen LogP contribution in [0, 0.1) is 23.5 Å². The zero-order valence-electron chi connectivity index (χ0n) is 10.5. The molecule has 0 saturated carbocycles. The predicted molar refractivity (Wildman–Crippen MR) is 66.2 cm³/mol. The van der Waals surface area contributed by atoms with Crippen LogP contribution < -0.4 is 5.32 Å². The van der Waals surface area contributed by atoms with Crippen molar-refractivity contribution >= 4 is 0 Å². The molecule has 2 saturated heterocycles. The van der Waals surface area contributed by atoms with Crippen molar-refractivity contribution in [1.82, 2.24) is 10.2 Å². The van der Waals surface area contributed by atoms with Gasteiger partial charge in [0.2, 0.25) is 0 Å². The molecule has 0 radical (unpaired) electrons. The van der Waals surface area contributed by atoms with Gasteiger partial charge in [-0.05, 0) is 50.0 Å². The fourth-order valence-electron chi connectivity index (χ4n) is 3.24. The molecule has 0 spiro atoms. The Labute approximate surface area is 106 Å². The summed E-state index contributed by atoms with van der Waals surface area (Å²) < 4.78 is 27.0. The zero-order valence-corrected chi connectivity index (χ0v) is 10.5. The minimum Gasteiger partial charge on any atom is -0.316 e. The molecule has 2 heterocycles. The van der Waals surface area contributed by atoms with Crippen LogP contribution in [0.2, 0.25) is 0 Å². The molecule has 0 aliphatic carbocycles. The first-order valence-corrected chi connectivity index (χ1v) is 6.55. The Morgan fingerprint density at radius 3 is 2.56 bits per heavy atom. The highest BCUT2D eigenvalue weighted by Gasteiger charge is 2.38. The van der Waals surface area contributed by atoms with E-state index in [1.165, 1.54) is 18.2 Å². The second-order valence-electron chi connectivity index (χ2n) is 5.47. The maximum atomic E-state index is 13.8. The fraction of sp³-hybridized carbons (Fsp3) is 0.571. The number of rotatable bonds is 2. The third-order valence-corrected chi connectivity index (χ3v) is 4.37. The summed E-state index contributed by atoms with van der Waals surface area (Å²) in [6, 6.07) is 3.67. The Morgan fingerprint density at radius 1 is 1.22 bits per heavy atom. The summed E-state index contributed by atoms with van der Waals surface area (Å²) in [6.07, 6.45) is 0. The van der Waals surface area contributed by atoms with E-state index in [1.54, 1.807) is 0 Å². The van der Waals surface area contributed by atoms with Crippen LogP contribution in [-0.4, -0.2) is 31.1 Å². The zero-order chi connectivity index (χ0) is 12.7. The highest BCUT2D eigenvalue weighted by Crippen LogP contribution is 2.33. The summed E-state index contributed by atoms with van der Waals surface area (Å²) in [5.41, 5.74) is 0.475. The van der Waals surface area contributed by atoms with Crippen LogP contribution >= 0.6 is 0 Å². The molecule has 2 aliphatic rings. The lowest BCUT2D eigenvalue weighted by Gasteiger charge is -2.25. The van der Waals surface area contributed by atoms with Gasteiger partial charge >= 0.3 is 0 Å². The van der Waals surface area contributed by atoms with E-state index in [2.05, 4.69) is 10.2 Å². The van der Waals surface area contributed by atoms with Gasteiger partial charge in [0, 0.05) is 24.7 Å². The molecule has 98 valence electrons. The van der Waals surface area contributed by atoms with E-state index < -0.39 is 0 Å². The highest BCUT2D eigenvalue weighted by atomic mass is 19.1. The smallest absolute Gasteiger partial charge is 0.128 e. The first-order chi connectivity index (χ1) is 8.65. The molecule has 3 rings (SSSR count). The molecule has 1 aromatic carbocycles. The molecular formula is C14H18F2N2. The van der Waals surface area contributed by atoms with Crippen molar-refractivity contribution in [3.63, 3.8) is 0 Å². The van der Waals surface area contributed by atoms with Gasteiger partial charge in [0.05, 0.1) is 0 Å². The van der Waals surface area contributed by atoms with Crippen LogP contribution in [-0.2, 0) is 0 Å². The average Bonchev–Trinajstić information content (AvgIpc) is 2.91. The van der Waals surface area contributed by atoms with Crippen LogP contribution in [0.25, 0.3) is 0 Å². The SMILES string of the molecule is CC(c1cc(F)ccc1F)N1CC2CNCC2C1. The second-order valence-corrected chi connectivity index (χ2v) is 5.47. The lowest BCUT2D eigenvalue weighted by atomic mass is 10.0. The van der Waals surface area contributed by atoms with Crippen LogP contribution in [0.15, 0.2) is 18.2 Å². The molecule has 0 amide bonds. The van der Waals surface area contributed by atoms with Crippen LogP contribution in [0.4, 0.5) is 8.78 Å². The van der Waals surface area contributed by atoms with Crippen molar-refractivity contribution in [1.29, 1.82) is 0 Å². The standard InChI is InChI=1S/C14H18F2N2/c1-9(13-4-12(15)2-3-14(13)16)18-7-10-5-17-6-11(10)8-18/h2-4,9-11,17H,5-8H2,1H3. The number of fused-ring (bicyclic) bond motifs is 1. The lowest BCUT2D eigenvalue weighted by Crippen LogP contribution is -2.29. The second kappa shape index (κ2) is 4.59. The molecule has 4 heteroatoms. The van der Waals surface area contributed by atoms with Gasteiger partial charge < -0.3 is 5.32 Å². The van der Waals surface area contributed by atoms with Gasteiger partial charge in [-0.2, -0.15) is 0 Å². The Kier molecular flexibility index (Phi) is 3.08. The number of hydrogen-bond acceptors (Lipinski definition) is 2. The van der Waals surface area contributed by atoms with E-state index in [-0.39, 0.29) is 17.7 Å². The van der Waals surface area contributed by atoms with Gasteiger partial charge in [-0.15, -0.1) is 0 Å². The third-order valence-electron chi connectivity index (χ3n) is 4.37. The monoisotopic (exact) mass is 252 g/mol. The van der Waals surface area contributed by atoms with Gasteiger partial charge in [0.25, 0.3) is 0 Å². The molecule has 2 fully saturated rings. The number of nitrogens with one attached hydrogen (secondary N) is 1. The average molecular weight is 252 g/mol. The maximum absolute atomic E-state index is 13.8. The van der Waals surface area contributed by atoms with Gasteiger partial charge in [0.15, 0.2) is 0 Å². The molecule has 3 unspecified atom stereocenters.